The molecule has 4 aromatic carbocycles. The molecule has 4 atom stereocenters. The van der Waals surface area contributed by atoms with Gasteiger partial charge in [0.1, 0.15) is 72.4 Å². The normalized spacial score (nSPS) is 14.2. The van der Waals surface area contributed by atoms with Crippen LogP contribution in [0.1, 0.15) is 61.6 Å². The first-order chi connectivity index (χ1) is 38.6. The van der Waals surface area contributed by atoms with E-state index in [0.29, 0.717) is 36.4 Å². The van der Waals surface area contributed by atoms with Gasteiger partial charge in [0, 0.05) is 44.7 Å². The largest absolute Gasteiger partial charge is 0.744 e. The fourth-order valence-electron chi connectivity index (χ4n) is 7.98. The van der Waals surface area contributed by atoms with Crippen molar-refractivity contribution in [3.8, 4) is 0 Å². The van der Waals surface area contributed by atoms with Crippen LogP contribution in [0.25, 0.3) is 12.2 Å². The van der Waals surface area contributed by atoms with Crippen molar-refractivity contribution in [3.05, 3.63) is 107 Å². The quantitative estimate of drug-likeness (QED) is 0.0293. The van der Waals surface area contributed by atoms with Gasteiger partial charge in [-0.1, -0.05) is 30.4 Å². The Kier molecular flexibility index (Phi) is 20.3. The van der Waals surface area contributed by atoms with Crippen LogP contribution < -0.4 is 20.4 Å². The fraction of sp³-hybridized carbons (Fsp3) is 0.304. The lowest BCUT2D eigenvalue weighted by Gasteiger charge is -2.26. The fourth-order valence-corrected chi connectivity index (χ4v) is 11.7. The monoisotopic (exact) mass is 1280 g/mol. The molecule has 0 aliphatic carbocycles. The molecule has 6 aromatic rings. The van der Waals surface area contributed by atoms with E-state index in [2.05, 4.69) is 40.5 Å². The van der Waals surface area contributed by atoms with Gasteiger partial charge in [0.15, 0.2) is 0 Å². The second-order valence-corrected chi connectivity index (χ2v) is 26.8. The van der Waals surface area contributed by atoms with E-state index < -0.39 is 162 Å². The Bertz CT molecular complexity index is 3920. The number of aliphatic hydroxyl groups excluding tert-OH is 4. The van der Waals surface area contributed by atoms with Gasteiger partial charge in [-0.3, -0.25) is 0 Å². The molecular formula is C46H48N10O22S6-6. The molecule has 0 radical (unpaired) electrons. The number of hydrogen-bond donors (Lipinski definition) is 6. The summed E-state index contributed by atoms with van der Waals surface area (Å²) in [6.45, 7) is 4.44. The second kappa shape index (κ2) is 25.8. The number of nitrogens with one attached hydrogen (secondary N) is 2. The molecule has 0 bridgehead atoms. The summed E-state index contributed by atoms with van der Waals surface area (Å²) in [6.07, 6.45) is -3.80. The molecular weight excluding hydrogens is 1240 g/mol. The summed E-state index contributed by atoms with van der Waals surface area (Å²) >= 11 is 0. The van der Waals surface area contributed by atoms with Crippen molar-refractivity contribution < 1.29 is 98.2 Å². The second-order valence-electron chi connectivity index (χ2n) is 18.7. The molecule has 0 saturated heterocycles. The van der Waals surface area contributed by atoms with Gasteiger partial charge in [0.05, 0.1) is 59.5 Å². The maximum absolute atomic E-state index is 12.8. The van der Waals surface area contributed by atoms with E-state index in [1.54, 1.807) is 0 Å². The molecule has 32 nitrogen and oxygen atoms in total. The first kappa shape index (κ1) is 66.3. The van der Waals surface area contributed by atoms with E-state index in [1.165, 1.54) is 49.6 Å². The minimum atomic E-state index is -5.47. The van der Waals surface area contributed by atoms with Crippen molar-refractivity contribution >= 4 is 108 Å². The Hall–Kier alpha value is -6.86. The smallest absolute Gasteiger partial charge is 0.232 e. The van der Waals surface area contributed by atoms with Gasteiger partial charge in [-0.05, 0) is 105 Å². The number of aliphatic hydroxyl groups is 4. The molecule has 0 saturated carbocycles. The van der Waals surface area contributed by atoms with Gasteiger partial charge in [0.2, 0.25) is 23.8 Å². The third kappa shape index (κ3) is 18.3. The molecule has 0 aliphatic heterocycles. The standard InChI is InChI=1S/C46H54N10O22S6/c1-25(57)21-55(22-26(2)58)45-51-41(49-44(54-45)48-36-20-35(80(64,65)66)12-14-38(36)82(70,71)72)16-29-5-6-30(39(15-29)83(73,74)75)7-8-31-9-10-33(19-40(31)84(76,77)78)47-43-50-42(52-46(53-43)56(23-27(3)59)24-28(4)60)18-32-17-34(79(61,62)63)11-13-37(32)81(67,68)69/h5-15,17,19-20,25-28,57-60H,16,18,21-24H2,1-4H3,(H,61,62,63)(H,64,65,66)(H,67,68,69)(H,70,71,72)(H,73,74,75)(H,76,77,78)(H,47,50,52,53)(H,48,49,51,54)/p-6/b8-7+. The molecule has 4 unspecified atom stereocenters. The lowest BCUT2D eigenvalue weighted by atomic mass is 10.1. The van der Waals surface area contributed by atoms with Crippen molar-refractivity contribution in [1.29, 1.82) is 0 Å². The summed E-state index contributed by atoms with van der Waals surface area (Å²) in [5.41, 5.74) is -2.40. The maximum atomic E-state index is 12.8. The van der Waals surface area contributed by atoms with Crippen LogP contribution in [0.3, 0.4) is 0 Å². The zero-order valence-electron chi connectivity index (χ0n) is 43.8. The molecule has 6 N–H and O–H groups in total. The van der Waals surface area contributed by atoms with Crippen LogP contribution in [0.15, 0.2) is 102 Å². The number of rotatable bonds is 26. The topological polar surface area (TPSA) is 532 Å². The van der Waals surface area contributed by atoms with Gasteiger partial charge < -0.3 is 68.2 Å². The molecule has 2 aromatic heterocycles. The van der Waals surface area contributed by atoms with E-state index in [-0.39, 0.29) is 60.7 Å². The van der Waals surface area contributed by atoms with Crippen molar-refractivity contribution in [2.24, 2.45) is 0 Å². The Morgan fingerprint density at radius 2 is 0.845 bits per heavy atom. The zero-order chi connectivity index (χ0) is 62.7. The highest BCUT2D eigenvalue weighted by Gasteiger charge is 2.24. The Morgan fingerprint density at radius 3 is 1.29 bits per heavy atom. The van der Waals surface area contributed by atoms with E-state index in [1.807, 2.05) is 0 Å². The SMILES string of the molecule is CC(O)CN(CC(C)O)c1nc(Cc2cc(S(=O)(=O)[O-])ccc2S(=O)(=O)[O-])nc(Nc2ccc(/C=C/c3ccc(Cc4nc(Nc5cc(S(=O)(=O)[O-])ccc5S(=O)(=O)[O-])nc(N(CC(C)O)CC(C)O)n4)cc3S(=O)(=O)[O-])c(S(=O)(=O)[O-])c2)n1. The lowest BCUT2D eigenvalue weighted by Crippen LogP contribution is -2.38. The molecule has 38 heteroatoms. The van der Waals surface area contributed by atoms with Crippen molar-refractivity contribution in [2.45, 2.75) is 94.3 Å². The maximum Gasteiger partial charge on any atom is 0.232 e. The summed E-state index contributed by atoms with van der Waals surface area (Å²) < 4.78 is 221. The van der Waals surface area contributed by atoms with Crippen LogP contribution in [0.4, 0.5) is 35.2 Å². The zero-order valence-corrected chi connectivity index (χ0v) is 48.7. The van der Waals surface area contributed by atoms with Gasteiger partial charge in [0.25, 0.3) is 0 Å². The minimum absolute atomic E-state index is 0.0351. The summed E-state index contributed by atoms with van der Waals surface area (Å²) in [6, 6.07) is 9.64. The first-order valence-electron chi connectivity index (χ1n) is 23.9. The molecule has 84 heavy (non-hydrogen) atoms. The number of hydrogen-bond acceptors (Lipinski definition) is 32. The van der Waals surface area contributed by atoms with Gasteiger partial charge in [-0.25, -0.2) is 50.5 Å². The van der Waals surface area contributed by atoms with Crippen LogP contribution in [-0.4, -0.2) is 179 Å². The number of aromatic nitrogens is 6. The van der Waals surface area contributed by atoms with Crippen molar-refractivity contribution in [2.75, 3.05) is 46.6 Å². The molecule has 0 amide bonds. The third-order valence-electron chi connectivity index (χ3n) is 11.2. The Morgan fingerprint density at radius 1 is 0.440 bits per heavy atom. The van der Waals surface area contributed by atoms with Crippen LogP contribution in [0, 0.1) is 0 Å². The summed E-state index contributed by atoms with van der Waals surface area (Å²) in [5.74, 6) is -2.53. The van der Waals surface area contributed by atoms with Gasteiger partial charge in [-0.2, -0.15) is 29.9 Å². The van der Waals surface area contributed by atoms with Crippen LogP contribution in [-0.2, 0) is 73.6 Å². The summed E-state index contributed by atoms with van der Waals surface area (Å²) in [4.78, 5) is 22.0. The number of nitrogens with zero attached hydrogens (tertiary/aromatic N) is 8. The Balaban J connectivity index is 1.41. The van der Waals surface area contributed by atoms with Crippen LogP contribution in [0.5, 0.6) is 0 Å². The molecule has 0 spiro atoms. The van der Waals surface area contributed by atoms with Gasteiger partial charge in [-0.15, -0.1) is 0 Å². The predicted octanol–water partition coefficient (Wildman–Crippen LogP) is -0.544. The van der Waals surface area contributed by atoms with Gasteiger partial charge >= 0.3 is 0 Å². The number of anilines is 6. The molecule has 2 heterocycles. The van der Waals surface area contributed by atoms with Crippen molar-refractivity contribution in [1.82, 2.24) is 29.9 Å². The summed E-state index contributed by atoms with van der Waals surface area (Å²) in [7, 11) is -32.1. The average Bonchev–Trinajstić information content (AvgIpc) is 3.52. The number of benzene rings is 4. The lowest BCUT2D eigenvalue weighted by molar-refractivity contribution is 0.176. The third-order valence-corrected chi connectivity index (χ3v) is 16.5. The highest BCUT2D eigenvalue weighted by molar-refractivity contribution is 7.87. The molecule has 0 aliphatic rings. The van der Waals surface area contributed by atoms with Crippen LogP contribution in [0.2, 0.25) is 0 Å². The summed E-state index contributed by atoms with van der Waals surface area (Å²) in [5, 5.41) is 46.1. The van der Waals surface area contributed by atoms with Crippen molar-refractivity contribution in [3.63, 3.8) is 0 Å². The van der Waals surface area contributed by atoms with E-state index >= 15 is 0 Å². The van der Waals surface area contributed by atoms with Crippen LogP contribution >= 0.6 is 0 Å². The van der Waals surface area contributed by atoms with E-state index in [9.17, 15) is 98.2 Å². The molecule has 456 valence electrons. The van der Waals surface area contributed by atoms with E-state index in [4.69, 9.17) is 0 Å². The minimum Gasteiger partial charge on any atom is -0.744 e. The molecule has 0 fully saturated rings. The van der Waals surface area contributed by atoms with E-state index in [0.717, 1.165) is 36.4 Å². The molecule has 6 rings (SSSR count). The average molecular weight is 1290 g/mol. The highest BCUT2D eigenvalue weighted by atomic mass is 32.2. The Labute approximate surface area is 481 Å². The predicted molar refractivity (Wildman–Crippen MR) is 285 cm³/mol. The first-order valence-corrected chi connectivity index (χ1v) is 32.3. The highest BCUT2D eigenvalue weighted by Crippen LogP contribution is 2.31.